The summed E-state index contributed by atoms with van der Waals surface area (Å²) in [6, 6.07) is 7.55. The molecular weight excluding hydrogens is 318 g/mol. The Balaban J connectivity index is 2.40. The lowest BCUT2D eigenvalue weighted by Gasteiger charge is -2.33. The van der Waals surface area contributed by atoms with Gasteiger partial charge in [-0.2, -0.15) is 0 Å². The molecule has 106 valence electrons. The second-order valence-corrected chi connectivity index (χ2v) is 7.02. The molecule has 0 aliphatic heterocycles. The molecule has 1 aliphatic carbocycles. The van der Waals surface area contributed by atoms with E-state index < -0.39 is 5.92 Å². The highest BCUT2D eigenvalue weighted by Gasteiger charge is 2.40. The Kier molecular flexibility index (Phi) is 4.23. The minimum atomic E-state index is -0.660. The fourth-order valence-electron chi connectivity index (χ4n) is 2.66. The van der Waals surface area contributed by atoms with Crippen LogP contribution in [-0.2, 0) is 9.59 Å². The third kappa shape index (κ3) is 3.42. The van der Waals surface area contributed by atoms with Crippen LogP contribution in [0.25, 0.3) is 0 Å². The molecule has 1 aliphatic rings. The standard InChI is InChI=1S/C16H18BrNO2/c1-10(19)15-13(8-16(2,3)9-14(15)20)18-12-6-4-11(17)5-7-12/h4-7,15H,8-9H2,1-3H3. The minimum absolute atomic E-state index is 0.00962. The van der Waals surface area contributed by atoms with Crippen molar-refractivity contribution in [3.05, 3.63) is 28.7 Å². The van der Waals surface area contributed by atoms with Crippen molar-refractivity contribution in [1.82, 2.24) is 0 Å². The molecule has 0 amide bonds. The molecule has 1 saturated carbocycles. The molecule has 0 heterocycles. The van der Waals surface area contributed by atoms with Crippen molar-refractivity contribution in [3.63, 3.8) is 0 Å². The Labute approximate surface area is 127 Å². The number of nitrogens with zero attached hydrogens (tertiary/aromatic N) is 1. The number of rotatable bonds is 2. The summed E-state index contributed by atoms with van der Waals surface area (Å²) in [5.74, 6) is -0.780. The van der Waals surface area contributed by atoms with Gasteiger partial charge in [0.15, 0.2) is 0 Å². The van der Waals surface area contributed by atoms with Crippen molar-refractivity contribution in [2.24, 2.45) is 16.3 Å². The summed E-state index contributed by atoms with van der Waals surface area (Å²) in [5, 5.41) is 0. The molecule has 0 bridgehead atoms. The highest BCUT2D eigenvalue weighted by Crippen LogP contribution is 2.36. The number of ketones is 2. The zero-order valence-electron chi connectivity index (χ0n) is 11.9. The van der Waals surface area contributed by atoms with Crippen LogP contribution in [0.1, 0.15) is 33.6 Å². The first-order valence-electron chi connectivity index (χ1n) is 6.65. The number of hydrogen-bond acceptors (Lipinski definition) is 3. The van der Waals surface area contributed by atoms with Gasteiger partial charge in [0.1, 0.15) is 17.5 Å². The van der Waals surface area contributed by atoms with Gasteiger partial charge in [-0.3, -0.25) is 14.6 Å². The average molecular weight is 336 g/mol. The highest BCUT2D eigenvalue weighted by molar-refractivity contribution is 9.10. The summed E-state index contributed by atoms with van der Waals surface area (Å²) in [7, 11) is 0. The Morgan fingerprint density at radius 1 is 1.25 bits per heavy atom. The molecule has 4 heteroatoms. The molecule has 20 heavy (non-hydrogen) atoms. The van der Waals surface area contributed by atoms with Crippen LogP contribution >= 0.6 is 15.9 Å². The van der Waals surface area contributed by atoms with Crippen LogP contribution in [0.2, 0.25) is 0 Å². The largest absolute Gasteiger partial charge is 0.299 e. The smallest absolute Gasteiger partial charge is 0.149 e. The molecule has 2 rings (SSSR count). The number of Topliss-reactive ketones (excluding diaryl/α,β-unsaturated/α-hetero) is 2. The van der Waals surface area contributed by atoms with Gasteiger partial charge in [-0.05, 0) is 43.0 Å². The summed E-state index contributed by atoms with van der Waals surface area (Å²) in [6.45, 7) is 5.55. The molecule has 0 radical (unpaired) electrons. The molecule has 0 aromatic heterocycles. The van der Waals surface area contributed by atoms with Crippen LogP contribution in [0, 0.1) is 11.3 Å². The fourth-order valence-corrected chi connectivity index (χ4v) is 2.93. The number of carbonyl (C=O) groups is 2. The summed E-state index contributed by atoms with van der Waals surface area (Å²) in [4.78, 5) is 28.5. The molecule has 1 unspecified atom stereocenters. The van der Waals surface area contributed by atoms with Crippen molar-refractivity contribution in [1.29, 1.82) is 0 Å². The second-order valence-electron chi connectivity index (χ2n) is 6.11. The molecule has 1 aromatic carbocycles. The highest BCUT2D eigenvalue weighted by atomic mass is 79.9. The zero-order chi connectivity index (χ0) is 14.9. The van der Waals surface area contributed by atoms with Crippen molar-refractivity contribution in [3.8, 4) is 0 Å². The van der Waals surface area contributed by atoms with Gasteiger partial charge < -0.3 is 0 Å². The maximum absolute atomic E-state index is 12.2. The fraction of sp³-hybridized carbons (Fsp3) is 0.438. The van der Waals surface area contributed by atoms with Crippen LogP contribution < -0.4 is 0 Å². The SMILES string of the molecule is CC(=O)C1C(=O)CC(C)(C)CC1=Nc1ccc(Br)cc1. The van der Waals surface area contributed by atoms with Crippen LogP contribution in [0.3, 0.4) is 0 Å². The Bertz CT molecular complexity index is 573. The van der Waals surface area contributed by atoms with E-state index in [4.69, 9.17) is 0 Å². The third-order valence-electron chi connectivity index (χ3n) is 3.47. The van der Waals surface area contributed by atoms with Crippen LogP contribution in [0.5, 0.6) is 0 Å². The molecule has 0 spiro atoms. The summed E-state index contributed by atoms with van der Waals surface area (Å²) < 4.78 is 0.976. The van der Waals surface area contributed by atoms with Gasteiger partial charge in [-0.15, -0.1) is 0 Å². The first-order valence-corrected chi connectivity index (χ1v) is 7.44. The van der Waals surface area contributed by atoms with E-state index in [1.54, 1.807) is 0 Å². The van der Waals surface area contributed by atoms with Gasteiger partial charge >= 0.3 is 0 Å². The maximum atomic E-state index is 12.2. The number of benzene rings is 1. The molecule has 3 nitrogen and oxygen atoms in total. The first-order chi connectivity index (χ1) is 9.28. The van der Waals surface area contributed by atoms with Crippen LogP contribution in [0.4, 0.5) is 5.69 Å². The Hall–Kier alpha value is -1.29. The first kappa shape index (κ1) is 15.1. The van der Waals surface area contributed by atoms with E-state index in [0.29, 0.717) is 18.6 Å². The van der Waals surface area contributed by atoms with E-state index in [9.17, 15) is 9.59 Å². The van der Waals surface area contributed by atoms with Crippen molar-refractivity contribution < 1.29 is 9.59 Å². The van der Waals surface area contributed by atoms with Gasteiger partial charge in [0.25, 0.3) is 0 Å². The van der Waals surface area contributed by atoms with E-state index in [1.165, 1.54) is 6.92 Å². The normalized spacial score (nSPS) is 23.9. The lowest BCUT2D eigenvalue weighted by atomic mass is 9.70. The van der Waals surface area contributed by atoms with Crippen molar-refractivity contribution in [2.45, 2.75) is 33.6 Å². The van der Waals surface area contributed by atoms with Gasteiger partial charge in [0.2, 0.25) is 0 Å². The second kappa shape index (κ2) is 5.60. The van der Waals surface area contributed by atoms with Gasteiger partial charge in [-0.1, -0.05) is 29.8 Å². The lowest BCUT2D eigenvalue weighted by molar-refractivity contribution is -0.130. The maximum Gasteiger partial charge on any atom is 0.149 e. The molecule has 1 aromatic rings. The molecule has 1 atom stereocenters. The zero-order valence-corrected chi connectivity index (χ0v) is 13.5. The van der Waals surface area contributed by atoms with Gasteiger partial charge in [-0.25, -0.2) is 0 Å². The third-order valence-corrected chi connectivity index (χ3v) is 4.00. The van der Waals surface area contributed by atoms with Crippen LogP contribution in [-0.4, -0.2) is 17.3 Å². The molecule has 1 fully saturated rings. The van der Waals surface area contributed by atoms with Gasteiger partial charge in [0, 0.05) is 16.6 Å². The number of carbonyl (C=O) groups excluding carboxylic acids is 2. The van der Waals surface area contributed by atoms with Crippen molar-refractivity contribution >= 4 is 38.9 Å². The number of halogens is 1. The quantitative estimate of drug-likeness (QED) is 0.763. The van der Waals surface area contributed by atoms with Crippen molar-refractivity contribution in [2.75, 3.05) is 0 Å². The van der Waals surface area contributed by atoms with E-state index in [-0.39, 0.29) is 17.0 Å². The molecular formula is C16H18BrNO2. The van der Waals surface area contributed by atoms with Crippen LogP contribution in [0.15, 0.2) is 33.7 Å². The summed E-state index contributed by atoms with van der Waals surface area (Å²) in [6.07, 6.45) is 1.12. The van der Waals surface area contributed by atoms with E-state index in [1.807, 2.05) is 38.1 Å². The van der Waals surface area contributed by atoms with E-state index in [0.717, 1.165) is 10.2 Å². The lowest BCUT2D eigenvalue weighted by Crippen LogP contribution is -2.41. The number of hydrogen-bond donors (Lipinski definition) is 0. The summed E-state index contributed by atoms with van der Waals surface area (Å²) in [5.41, 5.74) is 1.35. The minimum Gasteiger partial charge on any atom is -0.299 e. The van der Waals surface area contributed by atoms with E-state index >= 15 is 0 Å². The van der Waals surface area contributed by atoms with E-state index in [2.05, 4.69) is 20.9 Å². The number of aliphatic imine (C=N–C) groups is 1. The summed E-state index contributed by atoms with van der Waals surface area (Å²) >= 11 is 3.38. The topological polar surface area (TPSA) is 46.5 Å². The average Bonchev–Trinajstić information content (AvgIpc) is 2.29. The van der Waals surface area contributed by atoms with Gasteiger partial charge in [0.05, 0.1) is 5.69 Å². The monoisotopic (exact) mass is 335 g/mol. The molecule has 0 saturated heterocycles. The Morgan fingerprint density at radius 3 is 2.40 bits per heavy atom. The Morgan fingerprint density at radius 2 is 1.85 bits per heavy atom. The predicted octanol–water partition coefficient (Wildman–Crippen LogP) is 4.12. The molecule has 0 N–H and O–H groups in total. The predicted molar refractivity (Wildman–Crippen MR) is 83.4 cm³/mol.